The van der Waals surface area contributed by atoms with Gasteiger partial charge in [0.2, 0.25) is 5.91 Å². The molecular formula is C22H24N4OS. The Bertz CT molecular complexity index is 954. The Kier molecular flexibility index (Phi) is 5.76. The quantitative estimate of drug-likeness (QED) is 0.650. The molecule has 4 rings (SSSR count). The standard InChI is InChI=1S/C22H24N4OS/c1-26-20(14-16-8-3-2-4-9-16)24-25-22(26)28-15-21(27)23-19-13-7-11-17-10-5-6-12-18(17)19/h2-6,8-10,12,19H,7,11,13-15H2,1H3,(H,23,27)/t19-/m1/s1. The topological polar surface area (TPSA) is 59.8 Å². The number of rotatable bonds is 6. The molecular weight excluding hydrogens is 368 g/mol. The molecule has 1 amide bonds. The fourth-order valence-electron chi connectivity index (χ4n) is 3.67. The predicted octanol–water partition coefficient (Wildman–Crippen LogP) is 3.69. The second-order valence-corrected chi connectivity index (χ2v) is 8.06. The van der Waals surface area contributed by atoms with Gasteiger partial charge >= 0.3 is 0 Å². The molecule has 0 unspecified atom stereocenters. The summed E-state index contributed by atoms with van der Waals surface area (Å²) in [4.78, 5) is 12.5. The van der Waals surface area contributed by atoms with Gasteiger partial charge in [-0.1, -0.05) is 66.4 Å². The second kappa shape index (κ2) is 8.61. The third kappa shape index (κ3) is 4.28. The Labute approximate surface area is 169 Å². The molecule has 144 valence electrons. The van der Waals surface area contributed by atoms with E-state index in [0.717, 1.165) is 36.7 Å². The molecule has 5 nitrogen and oxygen atoms in total. The van der Waals surface area contributed by atoms with Crippen LogP contribution in [0.25, 0.3) is 0 Å². The van der Waals surface area contributed by atoms with E-state index in [2.05, 4.69) is 45.8 Å². The number of nitrogens with zero attached hydrogens (tertiary/aromatic N) is 3. The first kappa shape index (κ1) is 18.7. The van der Waals surface area contributed by atoms with E-state index in [9.17, 15) is 4.79 Å². The van der Waals surface area contributed by atoms with Crippen LogP contribution in [0.4, 0.5) is 0 Å². The number of fused-ring (bicyclic) bond motifs is 1. The van der Waals surface area contributed by atoms with Gasteiger partial charge < -0.3 is 9.88 Å². The van der Waals surface area contributed by atoms with Crippen molar-refractivity contribution in [2.24, 2.45) is 7.05 Å². The van der Waals surface area contributed by atoms with Gasteiger partial charge in [0.1, 0.15) is 5.82 Å². The van der Waals surface area contributed by atoms with E-state index in [0.29, 0.717) is 5.75 Å². The fraction of sp³-hybridized carbons (Fsp3) is 0.318. The molecule has 1 heterocycles. The molecule has 0 spiro atoms. The summed E-state index contributed by atoms with van der Waals surface area (Å²) < 4.78 is 1.97. The third-order valence-electron chi connectivity index (χ3n) is 5.17. The second-order valence-electron chi connectivity index (χ2n) is 7.12. The summed E-state index contributed by atoms with van der Waals surface area (Å²) in [6, 6.07) is 18.7. The van der Waals surface area contributed by atoms with Gasteiger partial charge in [-0.3, -0.25) is 4.79 Å². The van der Waals surface area contributed by atoms with Crippen molar-refractivity contribution in [3.8, 4) is 0 Å². The molecule has 0 radical (unpaired) electrons. The molecule has 3 aromatic rings. The lowest BCUT2D eigenvalue weighted by atomic mass is 9.88. The number of aromatic nitrogens is 3. The van der Waals surface area contributed by atoms with Crippen molar-refractivity contribution in [2.45, 2.75) is 36.9 Å². The maximum Gasteiger partial charge on any atom is 0.230 e. The SMILES string of the molecule is Cn1c(Cc2ccccc2)nnc1SCC(=O)N[C@@H]1CCCc2ccccc21. The van der Waals surface area contributed by atoms with E-state index in [1.807, 2.05) is 35.9 Å². The van der Waals surface area contributed by atoms with E-state index in [1.165, 1.54) is 28.5 Å². The average molecular weight is 393 g/mol. The number of hydrogen-bond acceptors (Lipinski definition) is 4. The van der Waals surface area contributed by atoms with Crippen LogP contribution in [0.15, 0.2) is 59.8 Å². The first-order valence-corrected chi connectivity index (χ1v) is 10.6. The van der Waals surface area contributed by atoms with Crippen LogP contribution < -0.4 is 5.32 Å². The number of aryl methyl sites for hydroxylation is 1. The smallest absolute Gasteiger partial charge is 0.230 e. The normalized spacial score (nSPS) is 15.8. The Balaban J connectivity index is 1.34. The lowest BCUT2D eigenvalue weighted by molar-refractivity contribution is -0.119. The van der Waals surface area contributed by atoms with Crippen molar-refractivity contribution in [3.05, 3.63) is 77.1 Å². The van der Waals surface area contributed by atoms with Crippen LogP contribution in [-0.4, -0.2) is 26.4 Å². The number of hydrogen-bond donors (Lipinski definition) is 1. The van der Waals surface area contributed by atoms with Crippen molar-refractivity contribution in [1.29, 1.82) is 0 Å². The van der Waals surface area contributed by atoms with Crippen LogP contribution in [-0.2, 0) is 24.7 Å². The van der Waals surface area contributed by atoms with E-state index in [1.54, 1.807) is 0 Å². The van der Waals surface area contributed by atoms with Crippen LogP contribution in [0.5, 0.6) is 0 Å². The van der Waals surface area contributed by atoms with Crippen LogP contribution >= 0.6 is 11.8 Å². The molecule has 2 aromatic carbocycles. The monoisotopic (exact) mass is 392 g/mol. The number of carbonyl (C=O) groups excluding carboxylic acids is 1. The van der Waals surface area contributed by atoms with Gasteiger partial charge in [-0.05, 0) is 36.0 Å². The molecule has 0 bridgehead atoms. The molecule has 0 saturated heterocycles. The van der Waals surface area contributed by atoms with Crippen LogP contribution in [0.2, 0.25) is 0 Å². The highest BCUT2D eigenvalue weighted by molar-refractivity contribution is 7.99. The van der Waals surface area contributed by atoms with E-state index in [-0.39, 0.29) is 11.9 Å². The minimum Gasteiger partial charge on any atom is -0.349 e. The molecule has 1 aliphatic rings. The predicted molar refractivity (Wildman–Crippen MR) is 111 cm³/mol. The summed E-state index contributed by atoms with van der Waals surface area (Å²) in [7, 11) is 1.95. The van der Waals surface area contributed by atoms with Gasteiger partial charge in [0, 0.05) is 13.5 Å². The number of nitrogens with one attached hydrogen (secondary N) is 1. The molecule has 1 atom stereocenters. The van der Waals surface area contributed by atoms with E-state index < -0.39 is 0 Å². The zero-order valence-corrected chi connectivity index (χ0v) is 16.8. The van der Waals surface area contributed by atoms with Gasteiger partial charge in [-0.15, -0.1) is 10.2 Å². The molecule has 1 aliphatic carbocycles. The third-order valence-corrected chi connectivity index (χ3v) is 6.19. The van der Waals surface area contributed by atoms with Crippen molar-refractivity contribution in [1.82, 2.24) is 20.1 Å². The first-order chi connectivity index (χ1) is 13.7. The van der Waals surface area contributed by atoms with Crippen molar-refractivity contribution in [2.75, 3.05) is 5.75 Å². The van der Waals surface area contributed by atoms with Crippen LogP contribution in [0, 0.1) is 0 Å². The minimum absolute atomic E-state index is 0.0410. The minimum atomic E-state index is 0.0410. The molecule has 0 saturated carbocycles. The van der Waals surface area contributed by atoms with Crippen molar-refractivity contribution >= 4 is 17.7 Å². The lowest BCUT2D eigenvalue weighted by Gasteiger charge is -2.26. The van der Waals surface area contributed by atoms with Gasteiger partial charge in [-0.2, -0.15) is 0 Å². The van der Waals surface area contributed by atoms with Crippen molar-refractivity contribution < 1.29 is 4.79 Å². The van der Waals surface area contributed by atoms with Crippen LogP contribution in [0.3, 0.4) is 0 Å². The number of thioether (sulfide) groups is 1. The molecule has 6 heteroatoms. The van der Waals surface area contributed by atoms with E-state index in [4.69, 9.17) is 0 Å². The van der Waals surface area contributed by atoms with Crippen LogP contribution in [0.1, 0.15) is 41.4 Å². The number of carbonyl (C=O) groups is 1. The first-order valence-electron chi connectivity index (χ1n) is 9.63. The van der Waals surface area contributed by atoms with E-state index >= 15 is 0 Å². The zero-order chi connectivity index (χ0) is 19.3. The summed E-state index contributed by atoms with van der Waals surface area (Å²) >= 11 is 1.43. The Hall–Kier alpha value is -2.60. The van der Waals surface area contributed by atoms with Gasteiger partial charge in [0.25, 0.3) is 0 Å². The molecule has 0 fully saturated rings. The lowest BCUT2D eigenvalue weighted by Crippen LogP contribution is -2.32. The number of amides is 1. The Morgan fingerprint density at radius 2 is 1.93 bits per heavy atom. The Morgan fingerprint density at radius 3 is 2.79 bits per heavy atom. The van der Waals surface area contributed by atoms with Gasteiger partial charge in [-0.25, -0.2) is 0 Å². The van der Waals surface area contributed by atoms with Gasteiger partial charge in [0.15, 0.2) is 5.16 Å². The van der Waals surface area contributed by atoms with Gasteiger partial charge in [0.05, 0.1) is 11.8 Å². The average Bonchev–Trinajstić information content (AvgIpc) is 3.07. The highest BCUT2D eigenvalue weighted by atomic mass is 32.2. The summed E-state index contributed by atoms with van der Waals surface area (Å²) in [5.41, 5.74) is 3.81. The summed E-state index contributed by atoms with van der Waals surface area (Å²) in [5, 5.41) is 12.5. The summed E-state index contributed by atoms with van der Waals surface area (Å²) in [6.45, 7) is 0. The maximum atomic E-state index is 12.5. The zero-order valence-electron chi connectivity index (χ0n) is 16.0. The molecule has 0 aliphatic heterocycles. The summed E-state index contributed by atoms with van der Waals surface area (Å²) in [6.07, 6.45) is 3.94. The fourth-order valence-corrected chi connectivity index (χ4v) is 4.41. The van der Waals surface area contributed by atoms with Crippen molar-refractivity contribution in [3.63, 3.8) is 0 Å². The highest BCUT2D eigenvalue weighted by Gasteiger charge is 2.21. The maximum absolute atomic E-state index is 12.5. The molecule has 28 heavy (non-hydrogen) atoms. The summed E-state index contributed by atoms with van der Waals surface area (Å²) in [5.74, 6) is 1.28. The Morgan fingerprint density at radius 1 is 1.14 bits per heavy atom. The number of benzene rings is 2. The largest absolute Gasteiger partial charge is 0.349 e. The molecule has 1 N–H and O–H groups in total. The highest BCUT2D eigenvalue weighted by Crippen LogP contribution is 2.29. The molecule has 1 aromatic heterocycles.